The highest BCUT2D eigenvalue weighted by atomic mass is 19.1. The van der Waals surface area contributed by atoms with Gasteiger partial charge in [-0.2, -0.15) is 18.9 Å². The number of nitrogens with zero attached hydrogens (tertiary/aromatic N) is 5. The summed E-state index contributed by atoms with van der Waals surface area (Å²) in [5, 5.41) is 4.78. The van der Waals surface area contributed by atoms with Crippen LogP contribution in [0.15, 0.2) is 60.9 Å². The van der Waals surface area contributed by atoms with Crippen molar-refractivity contribution in [3.05, 3.63) is 89.9 Å². The summed E-state index contributed by atoms with van der Waals surface area (Å²) in [4.78, 5) is 12.5. The maximum absolute atomic E-state index is 14.2. The van der Waals surface area contributed by atoms with Gasteiger partial charge in [0.25, 0.3) is 0 Å². The van der Waals surface area contributed by atoms with E-state index >= 15 is 0 Å². The second-order valence-electron chi connectivity index (χ2n) is 10.4. The highest BCUT2D eigenvalue weighted by molar-refractivity contribution is 5.59. The second-order valence-corrected chi connectivity index (χ2v) is 10.4. The summed E-state index contributed by atoms with van der Waals surface area (Å²) < 4.78 is 29.3. The Hall–Kier alpha value is -3.48. The topological polar surface area (TPSA) is 56.5 Å². The highest BCUT2D eigenvalue weighted by Gasteiger charge is 2.31. The molecule has 5 rings (SSSR count). The zero-order chi connectivity index (χ0) is 24.6. The average molecular weight is 474 g/mol. The van der Waals surface area contributed by atoms with Crippen LogP contribution in [0.5, 0.6) is 0 Å². The number of halogens is 2. The summed E-state index contributed by atoms with van der Waals surface area (Å²) in [5.74, 6) is -1.15. The van der Waals surface area contributed by atoms with Crippen molar-refractivity contribution in [2.45, 2.75) is 58.3 Å². The third-order valence-corrected chi connectivity index (χ3v) is 7.15. The Bertz CT molecular complexity index is 1350. The number of hydrogen-bond donors (Lipinski definition) is 0. The molecule has 0 bridgehead atoms. The van der Waals surface area contributed by atoms with Gasteiger partial charge in [0.15, 0.2) is 5.82 Å². The molecule has 0 radical (unpaired) electrons. The maximum atomic E-state index is 14.2. The molecule has 1 aliphatic rings. The first-order valence-corrected chi connectivity index (χ1v) is 12.0. The van der Waals surface area contributed by atoms with Crippen LogP contribution in [0.1, 0.15) is 63.5 Å². The number of rotatable bonds is 6. The van der Waals surface area contributed by atoms with Crippen LogP contribution in [0.25, 0.3) is 16.9 Å². The summed E-state index contributed by atoms with van der Waals surface area (Å²) >= 11 is 0. The minimum atomic E-state index is -0.888. The van der Waals surface area contributed by atoms with Crippen molar-refractivity contribution < 1.29 is 8.78 Å². The van der Waals surface area contributed by atoms with E-state index in [0.717, 1.165) is 18.2 Å². The van der Waals surface area contributed by atoms with Gasteiger partial charge in [0.1, 0.15) is 6.33 Å². The molecule has 0 unspecified atom stereocenters. The first kappa shape index (κ1) is 23.3. The number of hydrogen-bond acceptors (Lipinski definition) is 4. The lowest BCUT2D eigenvalue weighted by atomic mass is 9.82. The summed E-state index contributed by atoms with van der Waals surface area (Å²) in [6, 6.07) is 16.3. The zero-order valence-corrected chi connectivity index (χ0v) is 20.3. The molecule has 0 saturated heterocycles. The SMILES string of the molecule is CC1(Cc2cccc(-n3cnc(C(C)(C)c4cccc(-c5ccc(F)nc5F)n4)n3)c2)CCCC1. The monoisotopic (exact) mass is 473 g/mol. The Balaban J connectivity index is 1.42. The molecule has 0 N–H and O–H groups in total. The number of aromatic nitrogens is 5. The van der Waals surface area contributed by atoms with Gasteiger partial charge in [-0.25, -0.2) is 9.67 Å². The predicted octanol–water partition coefficient (Wildman–Crippen LogP) is 6.45. The fraction of sp³-hybridized carbons (Fsp3) is 0.357. The van der Waals surface area contributed by atoms with Gasteiger partial charge in [-0.1, -0.05) is 38.0 Å². The van der Waals surface area contributed by atoms with Crippen molar-refractivity contribution in [3.8, 4) is 16.9 Å². The van der Waals surface area contributed by atoms with Crippen molar-refractivity contribution >= 4 is 0 Å². The van der Waals surface area contributed by atoms with E-state index in [1.54, 1.807) is 23.1 Å². The van der Waals surface area contributed by atoms with E-state index in [9.17, 15) is 8.78 Å². The standard InChI is InChI=1S/C28H29F2N5/c1-27(2,23-11-7-10-22(32-23)21-12-13-24(29)33-25(21)30)26-31-18-35(34-26)20-9-6-8-19(16-20)17-28(3)14-4-5-15-28/h6-13,16,18H,4-5,14-15,17H2,1-3H3. The Morgan fingerprint density at radius 1 is 0.971 bits per heavy atom. The lowest BCUT2D eigenvalue weighted by Gasteiger charge is -2.23. The molecular formula is C28H29F2N5. The van der Waals surface area contributed by atoms with Gasteiger partial charge in [0.05, 0.1) is 28.1 Å². The summed E-state index contributed by atoms with van der Waals surface area (Å²) in [7, 11) is 0. The van der Waals surface area contributed by atoms with Crippen LogP contribution in [0.4, 0.5) is 8.78 Å². The fourth-order valence-electron chi connectivity index (χ4n) is 5.03. The van der Waals surface area contributed by atoms with E-state index in [2.05, 4.69) is 40.1 Å². The molecule has 7 heteroatoms. The van der Waals surface area contributed by atoms with Gasteiger partial charge in [0, 0.05) is 0 Å². The lowest BCUT2D eigenvalue weighted by Crippen LogP contribution is -2.23. The molecule has 180 valence electrons. The van der Waals surface area contributed by atoms with Gasteiger partial charge in [-0.15, -0.1) is 0 Å². The molecule has 3 aromatic heterocycles. The molecule has 35 heavy (non-hydrogen) atoms. The number of pyridine rings is 2. The first-order chi connectivity index (χ1) is 16.7. The molecule has 3 heterocycles. The fourth-order valence-corrected chi connectivity index (χ4v) is 5.03. The number of benzene rings is 1. The van der Waals surface area contributed by atoms with E-state index in [1.807, 2.05) is 26.0 Å². The Morgan fingerprint density at radius 2 is 1.74 bits per heavy atom. The van der Waals surface area contributed by atoms with Gasteiger partial charge in [-0.3, -0.25) is 4.98 Å². The van der Waals surface area contributed by atoms with E-state index < -0.39 is 17.3 Å². The third kappa shape index (κ3) is 4.72. The van der Waals surface area contributed by atoms with Crippen LogP contribution in [0.3, 0.4) is 0 Å². The molecule has 4 aromatic rings. The van der Waals surface area contributed by atoms with Crippen molar-refractivity contribution in [1.29, 1.82) is 0 Å². The summed E-state index contributed by atoms with van der Waals surface area (Å²) in [6.07, 6.45) is 7.99. The first-order valence-electron chi connectivity index (χ1n) is 12.0. The second kappa shape index (κ2) is 8.95. The van der Waals surface area contributed by atoms with E-state index in [4.69, 9.17) is 5.10 Å². The van der Waals surface area contributed by atoms with Crippen molar-refractivity contribution in [2.24, 2.45) is 5.41 Å². The Kier molecular flexibility index (Phi) is 5.95. The molecular weight excluding hydrogens is 444 g/mol. The Labute approximate surface area is 204 Å². The summed E-state index contributed by atoms with van der Waals surface area (Å²) in [6.45, 7) is 6.35. The van der Waals surface area contributed by atoms with Crippen LogP contribution in [-0.2, 0) is 11.8 Å². The van der Waals surface area contributed by atoms with Crippen molar-refractivity contribution in [1.82, 2.24) is 24.7 Å². The molecule has 0 aliphatic heterocycles. The highest BCUT2D eigenvalue weighted by Crippen LogP contribution is 2.40. The minimum absolute atomic E-state index is 0.148. The molecule has 1 saturated carbocycles. The van der Waals surface area contributed by atoms with Crippen LogP contribution < -0.4 is 0 Å². The Morgan fingerprint density at radius 3 is 2.51 bits per heavy atom. The largest absolute Gasteiger partial charge is 0.252 e. The van der Waals surface area contributed by atoms with Crippen LogP contribution in [0, 0.1) is 17.3 Å². The average Bonchev–Trinajstić information content (AvgIpc) is 3.49. The van der Waals surface area contributed by atoms with Crippen LogP contribution in [-0.4, -0.2) is 24.7 Å². The lowest BCUT2D eigenvalue weighted by molar-refractivity contribution is 0.334. The van der Waals surface area contributed by atoms with Crippen molar-refractivity contribution in [2.75, 3.05) is 0 Å². The van der Waals surface area contributed by atoms with Crippen molar-refractivity contribution in [3.63, 3.8) is 0 Å². The third-order valence-electron chi connectivity index (χ3n) is 7.15. The van der Waals surface area contributed by atoms with Crippen LogP contribution >= 0.6 is 0 Å². The molecule has 0 atom stereocenters. The molecule has 0 amide bonds. The van der Waals surface area contributed by atoms with E-state index in [0.29, 0.717) is 22.6 Å². The molecule has 5 nitrogen and oxygen atoms in total. The summed E-state index contributed by atoms with van der Waals surface area (Å²) in [5.41, 5.74) is 3.24. The normalized spacial score (nSPS) is 15.5. The van der Waals surface area contributed by atoms with Gasteiger partial charge in [-0.05, 0) is 80.5 Å². The molecule has 1 fully saturated rings. The molecule has 1 aromatic carbocycles. The van der Waals surface area contributed by atoms with Crippen LogP contribution in [0.2, 0.25) is 0 Å². The zero-order valence-electron chi connectivity index (χ0n) is 20.3. The quantitative estimate of drug-likeness (QED) is 0.302. The van der Waals surface area contributed by atoms with Gasteiger partial charge < -0.3 is 0 Å². The maximum Gasteiger partial charge on any atom is 0.224 e. The van der Waals surface area contributed by atoms with E-state index in [1.165, 1.54) is 37.3 Å². The molecule has 1 aliphatic carbocycles. The smallest absolute Gasteiger partial charge is 0.224 e. The van der Waals surface area contributed by atoms with E-state index in [-0.39, 0.29) is 5.56 Å². The molecule has 0 spiro atoms. The van der Waals surface area contributed by atoms with Gasteiger partial charge in [0.2, 0.25) is 11.9 Å². The minimum Gasteiger partial charge on any atom is -0.252 e. The predicted molar refractivity (Wildman–Crippen MR) is 131 cm³/mol. The van der Waals surface area contributed by atoms with Gasteiger partial charge >= 0.3 is 0 Å².